The summed E-state index contributed by atoms with van der Waals surface area (Å²) in [4.78, 5) is 12.0. The molecule has 2 rings (SSSR count). The molecule has 0 radical (unpaired) electrons. The number of hydrogen-bond acceptors (Lipinski definition) is 5. The Hall–Kier alpha value is -1.40. The van der Waals surface area contributed by atoms with Crippen molar-refractivity contribution >= 4 is 45.1 Å². The van der Waals surface area contributed by atoms with E-state index in [1.54, 1.807) is 0 Å². The zero-order valence-corrected chi connectivity index (χ0v) is 11.0. The Morgan fingerprint density at radius 3 is 2.82 bits per heavy atom. The second-order valence-corrected chi connectivity index (χ2v) is 4.39. The number of anilines is 3. The molecule has 0 bridgehead atoms. The molecule has 7 heteroatoms. The molecule has 0 fully saturated rings. The van der Waals surface area contributed by atoms with Gasteiger partial charge in [-0.1, -0.05) is 22.0 Å². The largest absolute Gasteiger partial charge is 0.368 e. The summed E-state index contributed by atoms with van der Waals surface area (Å²) < 4.78 is 0.960. The van der Waals surface area contributed by atoms with Crippen LogP contribution in [0, 0.1) is 0 Å². The number of benzene rings is 1. The molecule has 0 amide bonds. The van der Waals surface area contributed by atoms with Gasteiger partial charge in [-0.05, 0) is 18.2 Å². The highest BCUT2D eigenvalue weighted by atomic mass is 79.9. The summed E-state index contributed by atoms with van der Waals surface area (Å²) in [6, 6.07) is 7.63. The van der Waals surface area contributed by atoms with Crippen molar-refractivity contribution in [1.82, 2.24) is 15.0 Å². The number of rotatable bonds is 3. The fourth-order valence-electron chi connectivity index (χ4n) is 1.25. The average molecular weight is 315 g/mol. The fourth-order valence-corrected chi connectivity index (χ4v) is 1.77. The quantitative estimate of drug-likeness (QED) is 0.852. The summed E-state index contributed by atoms with van der Waals surface area (Å²) in [5, 5.41) is 3.03. The summed E-state index contributed by atoms with van der Waals surface area (Å²) in [6.45, 7) is 0. The molecule has 0 spiro atoms. The van der Waals surface area contributed by atoms with E-state index in [1.165, 1.54) is 0 Å². The number of aromatic nitrogens is 3. The molecule has 17 heavy (non-hydrogen) atoms. The van der Waals surface area contributed by atoms with Crippen molar-refractivity contribution in [2.24, 2.45) is 0 Å². The highest BCUT2D eigenvalue weighted by Crippen LogP contribution is 2.18. The summed E-state index contributed by atoms with van der Waals surface area (Å²) in [5.41, 5.74) is 6.40. The fraction of sp³-hybridized carbons (Fsp3) is 0.100. The minimum atomic E-state index is 0.146. The van der Waals surface area contributed by atoms with E-state index in [9.17, 15) is 0 Å². The Bertz CT molecular complexity index is 534. The molecule has 0 aliphatic rings. The average Bonchev–Trinajstić information content (AvgIpc) is 2.28. The van der Waals surface area contributed by atoms with Gasteiger partial charge >= 0.3 is 0 Å². The lowest BCUT2D eigenvalue weighted by atomic mass is 10.3. The molecule has 0 unspecified atom stereocenters. The van der Waals surface area contributed by atoms with E-state index in [4.69, 9.17) is 17.3 Å². The van der Waals surface area contributed by atoms with Gasteiger partial charge in [0.05, 0.1) is 5.88 Å². The van der Waals surface area contributed by atoms with Crippen LogP contribution >= 0.6 is 27.5 Å². The van der Waals surface area contributed by atoms with Crippen LogP contribution < -0.4 is 11.1 Å². The molecule has 1 aromatic heterocycles. The van der Waals surface area contributed by atoms with Crippen LogP contribution in [0.25, 0.3) is 0 Å². The molecule has 0 aliphatic carbocycles. The lowest BCUT2D eigenvalue weighted by molar-refractivity contribution is 0.979. The summed E-state index contributed by atoms with van der Waals surface area (Å²) in [6.07, 6.45) is 0. The van der Waals surface area contributed by atoms with Crippen LogP contribution in [0.4, 0.5) is 17.6 Å². The first-order chi connectivity index (χ1) is 8.17. The first kappa shape index (κ1) is 12.1. The Kier molecular flexibility index (Phi) is 3.75. The number of nitrogens with two attached hydrogens (primary N) is 1. The van der Waals surface area contributed by atoms with Gasteiger partial charge in [-0.3, -0.25) is 0 Å². The van der Waals surface area contributed by atoms with Crippen molar-refractivity contribution in [3.05, 3.63) is 34.6 Å². The van der Waals surface area contributed by atoms with Crippen molar-refractivity contribution in [3.63, 3.8) is 0 Å². The van der Waals surface area contributed by atoms with Crippen LogP contribution in [0.15, 0.2) is 28.7 Å². The van der Waals surface area contributed by atoms with Gasteiger partial charge in [0.15, 0.2) is 5.82 Å². The van der Waals surface area contributed by atoms with E-state index in [1.807, 2.05) is 24.3 Å². The Morgan fingerprint density at radius 2 is 2.12 bits per heavy atom. The smallest absolute Gasteiger partial charge is 0.232 e. The predicted octanol–water partition coefficient (Wildman–Crippen LogP) is 2.70. The maximum absolute atomic E-state index is 5.66. The third kappa shape index (κ3) is 3.28. The molecule has 1 aromatic carbocycles. The number of nitrogen functional groups attached to an aromatic ring is 1. The number of halogens is 2. The summed E-state index contributed by atoms with van der Waals surface area (Å²) in [7, 11) is 0. The minimum Gasteiger partial charge on any atom is -0.368 e. The number of alkyl halides is 1. The Morgan fingerprint density at radius 1 is 1.29 bits per heavy atom. The zero-order chi connectivity index (χ0) is 12.3. The van der Waals surface area contributed by atoms with Crippen LogP contribution in [0.2, 0.25) is 0 Å². The third-order valence-electron chi connectivity index (χ3n) is 1.90. The molecular formula is C10H9BrClN5. The Balaban J connectivity index is 2.26. The van der Waals surface area contributed by atoms with Crippen molar-refractivity contribution in [2.75, 3.05) is 11.1 Å². The maximum Gasteiger partial charge on any atom is 0.232 e. The van der Waals surface area contributed by atoms with Crippen LogP contribution in [-0.4, -0.2) is 15.0 Å². The van der Waals surface area contributed by atoms with Crippen molar-refractivity contribution in [1.29, 1.82) is 0 Å². The van der Waals surface area contributed by atoms with Crippen molar-refractivity contribution < 1.29 is 0 Å². The van der Waals surface area contributed by atoms with Crippen LogP contribution in [0.5, 0.6) is 0 Å². The van der Waals surface area contributed by atoms with Gasteiger partial charge in [0.2, 0.25) is 11.9 Å². The molecule has 0 aliphatic heterocycles. The van der Waals surface area contributed by atoms with Gasteiger partial charge in [-0.25, -0.2) is 0 Å². The first-order valence-electron chi connectivity index (χ1n) is 4.76. The summed E-state index contributed by atoms with van der Waals surface area (Å²) >= 11 is 9.03. The zero-order valence-electron chi connectivity index (χ0n) is 8.69. The van der Waals surface area contributed by atoms with E-state index in [2.05, 4.69) is 36.2 Å². The Labute approximate surface area is 112 Å². The van der Waals surface area contributed by atoms with E-state index < -0.39 is 0 Å². The van der Waals surface area contributed by atoms with Gasteiger partial charge in [-0.2, -0.15) is 15.0 Å². The normalized spacial score (nSPS) is 10.2. The SMILES string of the molecule is Nc1nc(CCl)nc(Nc2cccc(Br)c2)n1. The van der Waals surface area contributed by atoms with E-state index in [0.717, 1.165) is 10.2 Å². The maximum atomic E-state index is 5.66. The van der Waals surface area contributed by atoms with Crippen LogP contribution in [0.3, 0.4) is 0 Å². The molecule has 0 atom stereocenters. The molecule has 0 saturated carbocycles. The lowest BCUT2D eigenvalue weighted by Crippen LogP contribution is -2.06. The highest BCUT2D eigenvalue weighted by molar-refractivity contribution is 9.10. The van der Waals surface area contributed by atoms with Gasteiger partial charge in [0.25, 0.3) is 0 Å². The van der Waals surface area contributed by atoms with Crippen molar-refractivity contribution in [3.8, 4) is 0 Å². The second-order valence-electron chi connectivity index (χ2n) is 3.20. The van der Waals surface area contributed by atoms with Gasteiger partial charge < -0.3 is 11.1 Å². The van der Waals surface area contributed by atoms with Gasteiger partial charge in [0.1, 0.15) is 0 Å². The van der Waals surface area contributed by atoms with E-state index >= 15 is 0 Å². The van der Waals surface area contributed by atoms with Crippen molar-refractivity contribution in [2.45, 2.75) is 5.88 Å². The molecule has 2 aromatic rings. The number of hydrogen-bond donors (Lipinski definition) is 2. The van der Waals surface area contributed by atoms with E-state index in [0.29, 0.717) is 11.8 Å². The number of nitrogens with one attached hydrogen (secondary N) is 1. The molecule has 3 N–H and O–H groups in total. The molecule has 0 saturated heterocycles. The second kappa shape index (κ2) is 5.29. The molecule has 88 valence electrons. The van der Waals surface area contributed by atoms with Gasteiger partial charge in [-0.15, -0.1) is 11.6 Å². The van der Waals surface area contributed by atoms with Crippen LogP contribution in [-0.2, 0) is 5.88 Å². The lowest BCUT2D eigenvalue weighted by Gasteiger charge is -2.06. The molecule has 1 heterocycles. The van der Waals surface area contributed by atoms with E-state index in [-0.39, 0.29) is 11.8 Å². The molecular weight excluding hydrogens is 306 g/mol. The minimum absolute atomic E-state index is 0.146. The van der Waals surface area contributed by atoms with Crippen LogP contribution in [0.1, 0.15) is 5.82 Å². The molecule has 5 nitrogen and oxygen atoms in total. The number of nitrogens with zero attached hydrogens (tertiary/aromatic N) is 3. The monoisotopic (exact) mass is 313 g/mol. The predicted molar refractivity (Wildman–Crippen MR) is 71.2 cm³/mol. The van der Waals surface area contributed by atoms with Gasteiger partial charge in [0, 0.05) is 10.2 Å². The topological polar surface area (TPSA) is 76.7 Å². The summed E-state index contributed by atoms with van der Waals surface area (Å²) in [5.74, 6) is 1.16. The third-order valence-corrected chi connectivity index (χ3v) is 2.63. The standard InChI is InChI=1S/C10H9BrClN5/c11-6-2-1-3-7(4-6)14-10-16-8(5-12)15-9(13)17-10/h1-4H,5H2,(H3,13,14,15,16,17). The highest BCUT2D eigenvalue weighted by Gasteiger charge is 2.04. The first-order valence-corrected chi connectivity index (χ1v) is 6.09.